The average molecular weight is 298 g/mol. The molecule has 1 aromatic heterocycles. The Kier molecular flexibility index (Phi) is 5.39. The predicted molar refractivity (Wildman–Crippen MR) is 86.2 cm³/mol. The number of nitrogens with two attached hydrogens (primary N) is 1. The van der Waals surface area contributed by atoms with Gasteiger partial charge in [-0.3, -0.25) is 4.79 Å². The number of nitrogens with one attached hydrogen (secondary N) is 2. The first kappa shape index (κ1) is 16.8. The molecule has 1 heterocycles. The zero-order valence-electron chi connectivity index (χ0n) is 13.2. The van der Waals surface area contributed by atoms with Crippen LogP contribution in [0.5, 0.6) is 0 Å². The fraction of sp³-hybridized carbons (Fsp3) is 0.714. The summed E-state index contributed by atoms with van der Waals surface area (Å²) in [4.78, 5) is 16.8. The summed E-state index contributed by atoms with van der Waals surface area (Å²) < 4.78 is 0. The Morgan fingerprint density at radius 2 is 1.95 bits per heavy atom. The SMILES string of the molecule is CC(C)Nc1nc(N)c(C(=O)NCC(C)(C)C(C)C)s1. The second-order valence-corrected chi connectivity index (χ2v) is 7.36. The molecule has 0 aliphatic heterocycles. The van der Waals surface area contributed by atoms with Crippen LogP contribution in [0.15, 0.2) is 0 Å². The second-order valence-electron chi connectivity index (χ2n) is 6.36. The zero-order chi connectivity index (χ0) is 15.5. The minimum atomic E-state index is -0.148. The van der Waals surface area contributed by atoms with E-state index in [9.17, 15) is 4.79 Å². The second kappa shape index (κ2) is 6.43. The molecule has 20 heavy (non-hydrogen) atoms. The van der Waals surface area contributed by atoms with Crippen LogP contribution >= 0.6 is 11.3 Å². The van der Waals surface area contributed by atoms with Crippen molar-refractivity contribution in [3.05, 3.63) is 4.88 Å². The lowest BCUT2D eigenvalue weighted by Crippen LogP contribution is -2.36. The van der Waals surface area contributed by atoms with Crippen LogP contribution < -0.4 is 16.4 Å². The van der Waals surface area contributed by atoms with Crippen LogP contribution in [0, 0.1) is 11.3 Å². The molecule has 0 bridgehead atoms. The van der Waals surface area contributed by atoms with Crippen molar-refractivity contribution in [2.45, 2.75) is 47.6 Å². The molecule has 0 radical (unpaired) electrons. The van der Waals surface area contributed by atoms with E-state index in [4.69, 9.17) is 5.73 Å². The molecule has 0 unspecified atom stereocenters. The van der Waals surface area contributed by atoms with Crippen LogP contribution in [-0.4, -0.2) is 23.5 Å². The molecule has 0 aliphatic carbocycles. The number of nitrogen functional groups attached to an aromatic ring is 1. The summed E-state index contributed by atoms with van der Waals surface area (Å²) in [6, 6.07) is 0.260. The lowest BCUT2D eigenvalue weighted by atomic mass is 9.81. The van der Waals surface area contributed by atoms with Crippen molar-refractivity contribution in [1.82, 2.24) is 10.3 Å². The zero-order valence-corrected chi connectivity index (χ0v) is 14.0. The topological polar surface area (TPSA) is 80.0 Å². The van der Waals surface area contributed by atoms with Crippen LogP contribution in [0.2, 0.25) is 0 Å². The van der Waals surface area contributed by atoms with E-state index in [0.29, 0.717) is 22.5 Å². The van der Waals surface area contributed by atoms with Gasteiger partial charge in [0.15, 0.2) is 5.13 Å². The highest BCUT2D eigenvalue weighted by atomic mass is 32.1. The molecule has 6 heteroatoms. The molecule has 5 nitrogen and oxygen atoms in total. The number of aromatic nitrogens is 1. The van der Waals surface area contributed by atoms with Crippen molar-refractivity contribution in [2.75, 3.05) is 17.6 Å². The molecule has 0 fully saturated rings. The fourth-order valence-corrected chi connectivity index (χ4v) is 2.34. The molecule has 0 spiro atoms. The largest absolute Gasteiger partial charge is 0.382 e. The lowest BCUT2D eigenvalue weighted by Gasteiger charge is -2.29. The molecule has 1 aromatic rings. The van der Waals surface area contributed by atoms with Gasteiger partial charge in [-0.25, -0.2) is 4.98 Å². The summed E-state index contributed by atoms with van der Waals surface area (Å²) in [6.07, 6.45) is 0. The maximum atomic E-state index is 12.2. The van der Waals surface area contributed by atoms with Crippen molar-refractivity contribution < 1.29 is 4.79 Å². The summed E-state index contributed by atoms with van der Waals surface area (Å²) in [5.41, 5.74) is 5.87. The highest BCUT2D eigenvalue weighted by molar-refractivity contribution is 7.18. The van der Waals surface area contributed by atoms with Crippen LogP contribution in [0.3, 0.4) is 0 Å². The standard InChI is InChI=1S/C14H26N4OS/c1-8(2)14(5,6)7-16-12(19)10-11(15)18-13(20-10)17-9(3)4/h8-9H,7,15H2,1-6H3,(H,16,19)(H,17,18). The number of nitrogens with zero attached hydrogens (tertiary/aromatic N) is 1. The fourth-order valence-electron chi connectivity index (χ4n) is 1.40. The smallest absolute Gasteiger partial charge is 0.265 e. The molecule has 0 saturated heterocycles. The van der Waals surface area contributed by atoms with Gasteiger partial charge in [-0.05, 0) is 25.2 Å². The minimum absolute atomic E-state index is 0.0497. The van der Waals surface area contributed by atoms with E-state index < -0.39 is 0 Å². The Morgan fingerprint density at radius 1 is 1.35 bits per heavy atom. The number of anilines is 2. The molecular weight excluding hydrogens is 272 g/mol. The van der Waals surface area contributed by atoms with E-state index in [1.807, 2.05) is 13.8 Å². The van der Waals surface area contributed by atoms with Crippen LogP contribution in [0.4, 0.5) is 10.9 Å². The normalized spacial score (nSPS) is 12.0. The molecular formula is C14H26N4OS. The van der Waals surface area contributed by atoms with E-state index in [-0.39, 0.29) is 23.2 Å². The summed E-state index contributed by atoms with van der Waals surface area (Å²) in [6.45, 7) is 13.2. The summed E-state index contributed by atoms with van der Waals surface area (Å²) in [5.74, 6) is 0.628. The minimum Gasteiger partial charge on any atom is -0.382 e. The van der Waals surface area contributed by atoms with Gasteiger partial charge in [-0.15, -0.1) is 0 Å². The van der Waals surface area contributed by atoms with E-state index in [0.717, 1.165) is 0 Å². The summed E-state index contributed by atoms with van der Waals surface area (Å²) in [7, 11) is 0. The van der Waals surface area contributed by atoms with E-state index in [1.54, 1.807) is 0 Å². The lowest BCUT2D eigenvalue weighted by molar-refractivity contribution is 0.0929. The molecule has 1 rings (SSSR count). The third-order valence-corrected chi connectivity index (χ3v) is 4.54. The molecule has 114 valence electrons. The highest BCUT2D eigenvalue weighted by Gasteiger charge is 2.24. The van der Waals surface area contributed by atoms with Gasteiger partial charge in [0.25, 0.3) is 5.91 Å². The Balaban J connectivity index is 2.71. The highest BCUT2D eigenvalue weighted by Crippen LogP contribution is 2.27. The van der Waals surface area contributed by atoms with Crippen LogP contribution in [0.25, 0.3) is 0 Å². The first-order valence-corrected chi connectivity index (χ1v) is 7.76. The molecule has 0 aromatic carbocycles. The number of thiazole rings is 1. The van der Waals surface area contributed by atoms with Crippen LogP contribution in [0.1, 0.15) is 51.2 Å². The van der Waals surface area contributed by atoms with Gasteiger partial charge >= 0.3 is 0 Å². The molecule has 4 N–H and O–H groups in total. The monoisotopic (exact) mass is 298 g/mol. The number of carbonyl (C=O) groups excluding carboxylic acids is 1. The number of carbonyl (C=O) groups is 1. The van der Waals surface area contributed by atoms with Crippen molar-refractivity contribution in [3.63, 3.8) is 0 Å². The van der Waals surface area contributed by atoms with Crippen LogP contribution in [-0.2, 0) is 0 Å². The van der Waals surface area contributed by atoms with Gasteiger partial charge in [0.2, 0.25) is 0 Å². The van der Waals surface area contributed by atoms with Gasteiger partial charge in [0.05, 0.1) is 0 Å². The molecule has 0 saturated carbocycles. The first-order valence-electron chi connectivity index (χ1n) is 6.94. The van der Waals surface area contributed by atoms with Crippen molar-refractivity contribution in [3.8, 4) is 0 Å². The Labute approximate surface area is 125 Å². The van der Waals surface area contributed by atoms with Crippen molar-refractivity contribution >= 4 is 28.2 Å². The first-order chi connectivity index (χ1) is 9.13. The van der Waals surface area contributed by atoms with Gasteiger partial charge in [-0.1, -0.05) is 39.0 Å². The Bertz CT molecular complexity index is 466. The third-order valence-electron chi connectivity index (χ3n) is 3.54. The Morgan fingerprint density at radius 3 is 2.45 bits per heavy atom. The van der Waals surface area contributed by atoms with Crippen molar-refractivity contribution in [2.24, 2.45) is 11.3 Å². The third kappa shape index (κ3) is 4.37. The number of amides is 1. The Hall–Kier alpha value is -1.30. The van der Waals surface area contributed by atoms with E-state index in [2.05, 4.69) is 43.3 Å². The van der Waals surface area contributed by atoms with E-state index in [1.165, 1.54) is 11.3 Å². The molecule has 0 aliphatic rings. The predicted octanol–water partition coefficient (Wildman–Crippen LogP) is 2.96. The van der Waals surface area contributed by atoms with Gasteiger partial charge in [0, 0.05) is 12.6 Å². The van der Waals surface area contributed by atoms with Gasteiger partial charge in [-0.2, -0.15) is 0 Å². The average Bonchev–Trinajstić information content (AvgIpc) is 2.66. The maximum Gasteiger partial charge on any atom is 0.265 e. The number of hydrogen-bond donors (Lipinski definition) is 3. The van der Waals surface area contributed by atoms with Crippen molar-refractivity contribution in [1.29, 1.82) is 0 Å². The quantitative estimate of drug-likeness (QED) is 0.754. The molecule has 0 atom stereocenters. The number of hydrogen-bond acceptors (Lipinski definition) is 5. The number of rotatable bonds is 6. The summed E-state index contributed by atoms with van der Waals surface area (Å²) >= 11 is 1.30. The van der Waals surface area contributed by atoms with E-state index >= 15 is 0 Å². The van der Waals surface area contributed by atoms with Gasteiger partial charge in [0.1, 0.15) is 10.7 Å². The summed E-state index contributed by atoms with van der Waals surface area (Å²) in [5, 5.41) is 6.80. The maximum absolute atomic E-state index is 12.2. The molecule has 1 amide bonds. The van der Waals surface area contributed by atoms with Gasteiger partial charge < -0.3 is 16.4 Å².